The summed E-state index contributed by atoms with van der Waals surface area (Å²) in [7, 11) is 0. The Bertz CT molecular complexity index is 561. The zero-order chi connectivity index (χ0) is 16.9. The van der Waals surface area contributed by atoms with Gasteiger partial charge >= 0.3 is 0 Å². The summed E-state index contributed by atoms with van der Waals surface area (Å²) in [6, 6.07) is 1.76. The van der Waals surface area contributed by atoms with Gasteiger partial charge in [0.2, 0.25) is 17.7 Å². The van der Waals surface area contributed by atoms with Crippen molar-refractivity contribution in [2.24, 2.45) is 5.92 Å². The summed E-state index contributed by atoms with van der Waals surface area (Å²) >= 11 is 0. The Balaban J connectivity index is 1.57. The molecule has 1 aromatic heterocycles. The lowest BCUT2D eigenvalue weighted by Gasteiger charge is -2.38. The second-order valence-electron chi connectivity index (χ2n) is 6.26. The predicted octanol–water partition coefficient (Wildman–Crippen LogP) is 1.34. The molecule has 0 saturated carbocycles. The molecule has 24 heavy (non-hydrogen) atoms. The quantitative estimate of drug-likeness (QED) is 0.828. The first-order valence-corrected chi connectivity index (χ1v) is 8.80. The normalized spacial score (nSPS) is 24.8. The van der Waals surface area contributed by atoms with Crippen LogP contribution < -0.4 is 9.64 Å². The van der Waals surface area contributed by atoms with E-state index in [1.807, 2.05) is 18.7 Å². The molecule has 2 atom stereocenters. The SMILES string of the molecule is CCOc1ccnc(N2CCN(C(=O)C3CCCOC3C)CC2)n1. The molecule has 7 nitrogen and oxygen atoms in total. The number of nitrogens with zero attached hydrogens (tertiary/aromatic N) is 4. The summed E-state index contributed by atoms with van der Waals surface area (Å²) in [5.74, 6) is 1.49. The van der Waals surface area contributed by atoms with Gasteiger partial charge in [-0.1, -0.05) is 0 Å². The fourth-order valence-electron chi connectivity index (χ4n) is 3.32. The van der Waals surface area contributed by atoms with Crippen LogP contribution in [-0.4, -0.2) is 66.3 Å². The van der Waals surface area contributed by atoms with Gasteiger partial charge in [0.1, 0.15) is 0 Å². The zero-order valence-corrected chi connectivity index (χ0v) is 14.5. The van der Waals surface area contributed by atoms with E-state index < -0.39 is 0 Å². The minimum absolute atomic E-state index is 0.00262. The van der Waals surface area contributed by atoms with Crippen LogP contribution in [0.5, 0.6) is 5.88 Å². The molecule has 2 unspecified atom stereocenters. The van der Waals surface area contributed by atoms with Gasteiger partial charge in [0, 0.05) is 45.0 Å². The molecule has 2 fully saturated rings. The van der Waals surface area contributed by atoms with E-state index in [1.165, 1.54) is 0 Å². The van der Waals surface area contributed by atoms with Gasteiger partial charge in [-0.3, -0.25) is 4.79 Å². The van der Waals surface area contributed by atoms with E-state index >= 15 is 0 Å². The lowest BCUT2D eigenvalue weighted by molar-refractivity contribution is -0.144. The molecule has 1 amide bonds. The molecule has 0 N–H and O–H groups in total. The summed E-state index contributed by atoms with van der Waals surface area (Å²) in [4.78, 5) is 25.5. The van der Waals surface area contributed by atoms with Crippen LogP contribution in [0, 0.1) is 5.92 Å². The van der Waals surface area contributed by atoms with Crippen molar-refractivity contribution in [1.29, 1.82) is 0 Å². The van der Waals surface area contributed by atoms with Crippen LogP contribution in [0.15, 0.2) is 12.3 Å². The molecule has 0 radical (unpaired) electrons. The Morgan fingerprint density at radius 2 is 2.17 bits per heavy atom. The Kier molecular flexibility index (Phi) is 5.50. The first-order valence-electron chi connectivity index (χ1n) is 8.80. The Morgan fingerprint density at radius 1 is 1.38 bits per heavy atom. The molecule has 2 aliphatic rings. The van der Waals surface area contributed by atoms with Crippen LogP contribution in [-0.2, 0) is 9.53 Å². The van der Waals surface area contributed by atoms with Gasteiger partial charge in [0.05, 0.1) is 18.6 Å². The van der Waals surface area contributed by atoms with Crippen molar-refractivity contribution in [1.82, 2.24) is 14.9 Å². The molecular formula is C17H26N4O3. The van der Waals surface area contributed by atoms with Crippen molar-refractivity contribution in [3.63, 3.8) is 0 Å². The number of ether oxygens (including phenoxy) is 2. The van der Waals surface area contributed by atoms with Gasteiger partial charge in [0.15, 0.2) is 0 Å². The Morgan fingerprint density at radius 3 is 2.88 bits per heavy atom. The van der Waals surface area contributed by atoms with E-state index in [4.69, 9.17) is 9.47 Å². The highest BCUT2D eigenvalue weighted by Crippen LogP contribution is 2.24. The number of carbonyl (C=O) groups excluding carboxylic acids is 1. The number of anilines is 1. The molecule has 0 bridgehead atoms. The topological polar surface area (TPSA) is 67.8 Å². The molecular weight excluding hydrogens is 308 g/mol. The van der Waals surface area contributed by atoms with Crippen LogP contribution >= 0.6 is 0 Å². The number of piperazine rings is 1. The number of hydrogen-bond donors (Lipinski definition) is 0. The maximum absolute atomic E-state index is 12.7. The maximum Gasteiger partial charge on any atom is 0.228 e. The lowest BCUT2D eigenvalue weighted by Crippen LogP contribution is -2.52. The largest absolute Gasteiger partial charge is 0.478 e. The van der Waals surface area contributed by atoms with Gasteiger partial charge in [-0.05, 0) is 26.7 Å². The van der Waals surface area contributed by atoms with Crippen LogP contribution in [0.3, 0.4) is 0 Å². The highest BCUT2D eigenvalue weighted by Gasteiger charge is 2.33. The van der Waals surface area contributed by atoms with Crippen molar-refractivity contribution in [2.45, 2.75) is 32.8 Å². The monoisotopic (exact) mass is 334 g/mol. The lowest BCUT2D eigenvalue weighted by atomic mass is 9.93. The fraction of sp³-hybridized carbons (Fsp3) is 0.706. The fourth-order valence-corrected chi connectivity index (χ4v) is 3.32. The van der Waals surface area contributed by atoms with E-state index in [2.05, 4.69) is 14.9 Å². The highest BCUT2D eigenvalue weighted by atomic mass is 16.5. The second kappa shape index (κ2) is 7.79. The maximum atomic E-state index is 12.7. The third kappa shape index (κ3) is 3.77. The molecule has 2 saturated heterocycles. The van der Waals surface area contributed by atoms with Gasteiger partial charge < -0.3 is 19.3 Å². The van der Waals surface area contributed by atoms with E-state index in [9.17, 15) is 4.79 Å². The van der Waals surface area contributed by atoms with Gasteiger partial charge in [0.25, 0.3) is 0 Å². The average molecular weight is 334 g/mol. The summed E-state index contributed by atoms with van der Waals surface area (Å²) in [5, 5.41) is 0. The van der Waals surface area contributed by atoms with Crippen molar-refractivity contribution >= 4 is 11.9 Å². The van der Waals surface area contributed by atoms with Gasteiger partial charge in [-0.2, -0.15) is 4.98 Å². The van der Waals surface area contributed by atoms with E-state index in [-0.39, 0.29) is 17.9 Å². The highest BCUT2D eigenvalue weighted by molar-refractivity contribution is 5.79. The van der Waals surface area contributed by atoms with Crippen LogP contribution in [0.4, 0.5) is 5.95 Å². The van der Waals surface area contributed by atoms with Crippen LogP contribution in [0.2, 0.25) is 0 Å². The zero-order valence-electron chi connectivity index (χ0n) is 14.5. The minimum Gasteiger partial charge on any atom is -0.478 e. The number of rotatable bonds is 4. The summed E-state index contributed by atoms with van der Waals surface area (Å²) in [6.45, 7) is 8.17. The standard InChI is InChI=1S/C17H26N4O3/c1-3-23-15-6-7-18-17(19-15)21-10-8-20(9-11-21)16(22)14-5-4-12-24-13(14)2/h6-7,13-14H,3-5,8-12H2,1-2H3. The molecule has 132 valence electrons. The van der Waals surface area contributed by atoms with Gasteiger partial charge in [-0.25, -0.2) is 4.98 Å². The number of hydrogen-bond acceptors (Lipinski definition) is 6. The molecule has 2 aliphatic heterocycles. The average Bonchev–Trinajstić information content (AvgIpc) is 2.62. The van der Waals surface area contributed by atoms with Crippen molar-refractivity contribution in [3.8, 4) is 5.88 Å². The summed E-state index contributed by atoms with van der Waals surface area (Å²) in [6.07, 6.45) is 3.64. The molecule has 1 aromatic rings. The smallest absolute Gasteiger partial charge is 0.228 e. The Hall–Kier alpha value is -1.89. The summed E-state index contributed by atoms with van der Waals surface area (Å²) in [5.41, 5.74) is 0. The van der Waals surface area contributed by atoms with Gasteiger partial charge in [-0.15, -0.1) is 0 Å². The van der Waals surface area contributed by atoms with Crippen molar-refractivity contribution < 1.29 is 14.3 Å². The molecule has 0 spiro atoms. The van der Waals surface area contributed by atoms with Crippen molar-refractivity contribution in [3.05, 3.63) is 12.3 Å². The second-order valence-corrected chi connectivity index (χ2v) is 6.26. The first kappa shape index (κ1) is 17.0. The molecule has 0 aromatic carbocycles. The third-order valence-electron chi connectivity index (χ3n) is 4.71. The van der Waals surface area contributed by atoms with E-state index in [0.717, 1.165) is 32.5 Å². The number of amides is 1. The number of carbonyl (C=O) groups is 1. The first-order chi connectivity index (χ1) is 11.7. The van der Waals surface area contributed by atoms with E-state index in [1.54, 1.807) is 12.3 Å². The summed E-state index contributed by atoms with van der Waals surface area (Å²) < 4.78 is 11.1. The number of aromatic nitrogens is 2. The molecule has 3 rings (SSSR count). The third-order valence-corrected chi connectivity index (χ3v) is 4.71. The van der Waals surface area contributed by atoms with Crippen molar-refractivity contribution in [2.75, 3.05) is 44.3 Å². The molecule has 3 heterocycles. The molecule has 0 aliphatic carbocycles. The predicted molar refractivity (Wildman–Crippen MR) is 90.1 cm³/mol. The minimum atomic E-state index is 0.00262. The van der Waals surface area contributed by atoms with Crippen LogP contribution in [0.25, 0.3) is 0 Å². The van der Waals surface area contributed by atoms with E-state index in [0.29, 0.717) is 31.5 Å². The Labute approximate surface area is 143 Å². The van der Waals surface area contributed by atoms with Crippen LogP contribution in [0.1, 0.15) is 26.7 Å². The molecule has 7 heteroatoms.